The molecule has 1 heterocycles. The normalized spacial score (nSPS) is 25.0. The Hall–Kier alpha value is -1.06. The third-order valence-electron chi connectivity index (χ3n) is 4.64. The number of rotatable bonds is 7. The molecule has 0 aromatic rings. The van der Waals surface area contributed by atoms with Gasteiger partial charge in [-0.05, 0) is 25.7 Å². The summed E-state index contributed by atoms with van der Waals surface area (Å²) in [5.74, 6) is 0.585. The highest BCUT2D eigenvalue weighted by Crippen LogP contribution is 2.25. The quantitative estimate of drug-likeness (QED) is 0.780. The minimum atomic E-state index is -0.327. The summed E-state index contributed by atoms with van der Waals surface area (Å²) in [5, 5.41) is 2.90. The second-order valence-electron chi connectivity index (χ2n) is 5.84. The lowest BCUT2D eigenvalue weighted by Crippen LogP contribution is -2.66. The molecule has 0 radical (unpaired) electrons. The summed E-state index contributed by atoms with van der Waals surface area (Å²) in [6, 6.07) is -0.494. The van der Waals surface area contributed by atoms with Gasteiger partial charge in [-0.1, -0.05) is 47.0 Å². The molecule has 1 aliphatic heterocycles. The van der Waals surface area contributed by atoms with Gasteiger partial charge in [0.1, 0.15) is 12.1 Å². The van der Waals surface area contributed by atoms with E-state index in [1.165, 1.54) is 0 Å². The molecule has 1 aliphatic rings. The van der Waals surface area contributed by atoms with Crippen LogP contribution in [0.3, 0.4) is 0 Å². The zero-order valence-electron chi connectivity index (χ0n) is 13.6. The standard InChI is InChI=1S/C16H30N2O2/c1-6-10-13-16(20)18(11(5)12(7-2)8-3)14(9-4)15(19)17-13/h11-14H,6-10H2,1-5H3,(H,17,19). The fourth-order valence-electron chi connectivity index (χ4n) is 3.34. The Morgan fingerprint density at radius 1 is 1.15 bits per heavy atom. The van der Waals surface area contributed by atoms with Gasteiger partial charge < -0.3 is 10.2 Å². The summed E-state index contributed by atoms with van der Waals surface area (Å²) in [6.45, 7) is 10.4. The monoisotopic (exact) mass is 282 g/mol. The van der Waals surface area contributed by atoms with E-state index in [2.05, 4.69) is 26.1 Å². The van der Waals surface area contributed by atoms with Gasteiger partial charge in [-0.3, -0.25) is 9.59 Å². The van der Waals surface area contributed by atoms with Crippen molar-refractivity contribution in [3.63, 3.8) is 0 Å². The number of nitrogens with one attached hydrogen (secondary N) is 1. The molecule has 3 atom stereocenters. The molecule has 2 amide bonds. The van der Waals surface area contributed by atoms with Crippen LogP contribution in [-0.2, 0) is 9.59 Å². The first-order valence-electron chi connectivity index (χ1n) is 8.14. The molecule has 0 bridgehead atoms. The number of carbonyl (C=O) groups is 2. The van der Waals surface area contributed by atoms with Gasteiger partial charge in [0.2, 0.25) is 11.8 Å². The van der Waals surface area contributed by atoms with Gasteiger partial charge in [-0.25, -0.2) is 0 Å². The largest absolute Gasteiger partial charge is 0.343 e. The summed E-state index contributed by atoms with van der Waals surface area (Å²) in [5.41, 5.74) is 0. The van der Waals surface area contributed by atoms with Crippen LogP contribution in [0.1, 0.15) is 66.7 Å². The highest BCUT2D eigenvalue weighted by atomic mass is 16.2. The molecule has 1 rings (SSSR count). The lowest BCUT2D eigenvalue weighted by atomic mass is 9.90. The number of nitrogens with zero attached hydrogens (tertiary/aromatic N) is 1. The molecule has 0 spiro atoms. The topological polar surface area (TPSA) is 49.4 Å². The summed E-state index contributed by atoms with van der Waals surface area (Å²) in [7, 11) is 0. The minimum absolute atomic E-state index is 0.0170. The summed E-state index contributed by atoms with van der Waals surface area (Å²) >= 11 is 0. The van der Waals surface area contributed by atoms with Crippen molar-refractivity contribution in [3.8, 4) is 0 Å². The predicted molar refractivity (Wildman–Crippen MR) is 81.3 cm³/mol. The molecule has 1 N–H and O–H groups in total. The number of hydrogen-bond acceptors (Lipinski definition) is 2. The number of carbonyl (C=O) groups excluding carboxylic acids is 2. The van der Waals surface area contributed by atoms with Crippen LogP contribution < -0.4 is 5.32 Å². The molecule has 4 nitrogen and oxygen atoms in total. The van der Waals surface area contributed by atoms with E-state index < -0.39 is 0 Å². The SMILES string of the molecule is CCCC1NC(=O)C(CC)N(C(C)C(CC)CC)C1=O. The predicted octanol–water partition coefficient (Wildman–Crippen LogP) is 2.72. The van der Waals surface area contributed by atoms with Crippen LogP contribution in [0.5, 0.6) is 0 Å². The van der Waals surface area contributed by atoms with Crippen LogP contribution in [0.4, 0.5) is 0 Å². The highest BCUT2D eigenvalue weighted by molar-refractivity contribution is 5.97. The smallest absolute Gasteiger partial charge is 0.246 e. The molecule has 1 fully saturated rings. The van der Waals surface area contributed by atoms with E-state index in [-0.39, 0.29) is 29.9 Å². The zero-order valence-corrected chi connectivity index (χ0v) is 13.6. The summed E-state index contributed by atoms with van der Waals surface area (Å²) in [6.07, 6.45) is 4.39. The Labute approximate surface area is 123 Å². The molecule has 0 aliphatic carbocycles. The maximum atomic E-state index is 12.7. The lowest BCUT2D eigenvalue weighted by molar-refractivity contribution is -0.153. The first-order chi connectivity index (χ1) is 9.51. The van der Waals surface area contributed by atoms with Gasteiger partial charge in [0, 0.05) is 6.04 Å². The first kappa shape index (κ1) is 17.0. The van der Waals surface area contributed by atoms with Crippen LogP contribution in [0.25, 0.3) is 0 Å². The van der Waals surface area contributed by atoms with E-state index in [0.717, 1.165) is 25.7 Å². The molecule has 0 saturated carbocycles. The summed E-state index contributed by atoms with van der Waals surface area (Å²) < 4.78 is 0. The molecular formula is C16H30N2O2. The maximum absolute atomic E-state index is 12.7. The van der Waals surface area contributed by atoms with Crippen LogP contribution in [-0.4, -0.2) is 34.8 Å². The number of hydrogen-bond donors (Lipinski definition) is 1. The van der Waals surface area contributed by atoms with Gasteiger partial charge in [0.15, 0.2) is 0 Å². The first-order valence-corrected chi connectivity index (χ1v) is 8.14. The van der Waals surface area contributed by atoms with Crippen LogP contribution in [0.2, 0.25) is 0 Å². The van der Waals surface area contributed by atoms with E-state index in [1.54, 1.807) is 0 Å². The number of amides is 2. The third-order valence-corrected chi connectivity index (χ3v) is 4.64. The molecule has 116 valence electrons. The van der Waals surface area contributed by atoms with Crippen molar-refractivity contribution >= 4 is 11.8 Å². The van der Waals surface area contributed by atoms with Crippen molar-refractivity contribution in [2.45, 2.75) is 84.8 Å². The molecule has 20 heavy (non-hydrogen) atoms. The fraction of sp³-hybridized carbons (Fsp3) is 0.875. The van der Waals surface area contributed by atoms with Gasteiger partial charge in [-0.2, -0.15) is 0 Å². The van der Waals surface area contributed by atoms with Gasteiger partial charge in [0.25, 0.3) is 0 Å². The Bertz CT molecular complexity index is 339. The average molecular weight is 282 g/mol. The molecule has 4 heteroatoms. The highest BCUT2D eigenvalue weighted by Gasteiger charge is 2.42. The average Bonchev–Trinajstić information content (AvgIpc) is 2.43. The second-order valence-corrected chi connectivity index (χ2v) is 5.84. The lowest BCUT2D eigenvalue weighted by Gasteiger charge is -2.44. The van der Waals surface area contributed by atoms with Crippen molar-refractivity contribution in [1.29, 1.82) is 0 Å². The molecule has 1 saturated heterocycles. The van der Waals surface area contributed by atoms with E-state index in [1.807, 2.05) is 18.7 Å². The third kappa shape index (κ3) is 3.33. The van der Waals surface area contributed by atoms with Crippen molar-refractivity contribution in [3.05, 3.63) is 0 Å². The summed E-state index contributed by atoms with van der Waals surface area (Å²) in [4.78, 5) is 26.9. The van der Waals surface area contributed by atoms with Crippen LogP contribution in [0, 0.1) is 5.92 Å². The Morgan fingerprint density at radius 2 is 1.75 bits per heavy atom. The Kier molecular flexibility index (Phi) is 6.50. The van der Waals surface area contributed by atoms with Crippen LogP contribution in [0.15, 0.2) is 0 Å². The molecule has 0 aromatic heterocycles. The van der Waals surface area contributed by atoms with E-state index in [9.17, 15) is 9.59 Å². The van der Waals surface area contributed by atoms with Gasteiger partial charge in [-0.15, -0.1) is 0 Å². The van der Waals surface area contributed by atoms with Crippen molar-refractivity contribution < 1.29 is 9.59 Å². The Morgan fingerprint density at radius 3 is 2.20 bits per heavy atom. The second kappa shape index (κ2) is 7.65. The van der Waals surface area contributed by atoms with Crippen molar-refractivity contribution in [2.24, 2.45) is 5.92 Å². The Balaban J connectivity index is 3.01. The molecule has 3 unspecified atom stereocenters. The fourth-order valence-corrected chi connectivity index (χ4v) is 3.34. The van der Waals surface area contributed by atoms with Gasteiger partial charge >= 0.3 is 0 Å². The van der Waals surface area contributed by atoms with Crippen molar-refractivity contribution in [1.82, 2.24) is 10.2 Å². The molecular weight excluding hydrogens is 252 g/mol. The maximum Gasteiger partial charge on any atom is 0.246 e. The van der Waals surface area contributed by atoms with Crippen molar-refractivity contribution in [2.75, 3.05) is 0 Å². The van der Waals surface area contributed by atoms with E-state index in [0.29, 0.717) is 12.3 Å². The number of piperazine rings is 1. The van der Waals surface area contributed by atoms with Crippen LogP contribution >= 0.6 is 0 Å². The van der Waals surface area contributed by atoms with Gasteiger partial charge in [0.05, 0.1) is 0 Å². The van der Waals surface area contributed by atoms with E-state index in [4.69, 9.17) is 0 Å². The zero-order chi connectivity index (χ0) is 15.3. The van der Waals surface area contributed by atoms with E-state index >= 15 is 0 Å². The molecule has 0 aromatic carbocycles. The minimum Gasteiger partial charge on any atom is -0.343 e.